The topological polar surface area (TPSA) is 69.2 Å². The van der Waals surface area contributed by atoms with E-state index in [2.05, 4.69) is 26.5 Å². The molecule has 0 heterocycles. The molecule has 0 aromatic heterocycles. The maximum absolute atomic E-state index is 12.3. The Bertz CT molecular complexity index is 1090. The summed E-state index contributed by atoms with van der Waals surface area (Å²) in [6, 6.07) is 17.9. The van der Waals surface area contributed by atoms with Gasteiger partial charge in [-0.1, -0.05) is 23.7 Å². The molecule has 0 fully saturated rings. The first-order chi connectivity index (χ1) is 15.5. The Kier molecular flexibility index (Phi) is 8.53. The van der Waals surface area contributed by atoms with Gasteiger partial charge in [-0.3, -0.25) is 4.79 Å². The molecule has 8 heteroatoms. The molecule has 0 saturated heterocycles. The number of methoxy groups -OCH3 is 1. The molecule has 0 aliphatic rings. The SMILES string of the molecule is CCOc1ccc(C(=O)N/N=C\c2cc(Br)c(OCc3ccc(Cl)cc3)c(OC)c2)cc1. The Morgan fingerprint density at radius 3 is 2.47 bits per heavy atom. The van der Waals surface area contributed by atoms with Crippen molar-refractivity contribution in [3.05, 3.63) is 86.8 Å². The minimum Gasteiger partial charge on any atom is -0.494 e. The van der Waals surface area contributed by atoms with Crippen molar-refractivity contribution in [3.8, 4) is 17.2 Å². The summed E-state index contributed by atoms with van der Waals surface area (Å²) in [6.45, 7) is 2.83. The van der Waals surface area contributed by atoms with E-state index in [0.29, 0.717) is 45.5 Å². The second-order valence-corrected chi connectivity index (χ2v) is 7.90. The molecule has 3 aromatic carbocycles. The van der Waals surface area contributed by atoms with Crippen LogP contribution in [0.4, 0.5) is 0 Å². The first kappa shape index (κ1) is 23.6. The third-order valence-corrected chi connectivity index (χ3v) is 5.20. The predicted octanol–water partition coefficient (Wildman–Crippen LogP) is 5.85. The lowest BCUT2D eigenvalue weighted by atomic mass is 10.2. The average molecular weight is 518 g/mol. The van der Waals surface area contributed by atoms with Crippen LogP contribution in [0.1, 0.15) is 28.4 Å². The zero-order valence-corrected chi connectivity index (χ0v) is 19.9. The maximum Gasteiger partial charge on any atom is 0.271 e. The summed E-state index contributed by atoms with van der Waals surface area (Å²) in [5.74, 6) is 1.49. The van der Waals surface area contributed by atoms with Gasteiger partial charge in [-0.15, -0.1) is 0 Å². The summed E-state index contributed by atoms with van der Waals surface area (Å²) < 4.78 is 17.5. The molecule has 0 atom stereocenters. The van der Waals surface area contributed by atoms with Crippen LogP contribution in [-0.2, 0) is 6.61 Å². The van der Waals surface area contributed by atoms with E-state index < -0.39 is 0 Å². The van der Waals surface area contributed by atoms with Crippen molar-refractivity contribution in [3.63, 3.8) is 0 Å². The zero-order chi connectivity index (χ0) is 22.9. The van der Waals surface area contributed by atoms with Crippen LogP contribution < -0.4 is 19.6 Å². The summed E-state index contributed by atoms with van der Waals surface area (Å²) in [7, 11) is 1.56. The van der Waals surface area contributed by atoms with E-state index in [-0.39, 0.29) is 5.91 Å². The Morgan fingerprint density at radius 2 is 1.81 bits per heavy atom. The van der Waals surface area contributed by atoms with Gasteiger partial charge in [0, 0.05) is 10.6 Å². The molecule has 32 heavy (non-hydrogen) atoms. The van der Waals surface area contributed by atoms with Crippen LogP contribution in [0, 0.1) is 0 Å². The second kappa shape index (κ2) is 11.5. The van der Waals surface area contributed by atoms with Gasteiger partial charge in [0.25, 0.3) is 5.91 Å². The number of hydrazone groups is 1. The summed E-state index contributed by atoms with van der Waals surface area (Å²) in [4.78, 5) is 12.3. The van der Waals surface area contributed by atoms with Gasteiger partial charge in [0.15, 0.2) is 11.5 Å². The number of nitrogens with one attached hydrogen (secondary N) is 1. The highest BCUT2D eigenvalue weighted by molar-refractivity contribution is 9.10. The number of halogens is 2. The quantitative estimate of drug-likeness (QED) is 0.285. The Labute approximate surface area is 200 Å². The number of carbonyl (C=O) groups is 1. The van der Waals surface area contributed by atoms with Crippen LogP contribution in [0.2, 0.25) is 5.02 Å². The van der Waals surface area contributed by atoms with E-state index >= 15 is 0 Å². The number of benzene rings is 3. The molecule has 0 unspecified atom stereocenters. The standard InChI is InChI=1S/C24H22BrClN2O4/c1-3-31-20-10-6-18(7-11-20)24(29)28-27-14-17-12-21(25)23(22(13-17)30-2)32-15-16-4-8-19(26)9-5-16/h4-14H,3,15H2,1-2H3,(H,28,29)/b27-14-. The average Bonchev–Trinajstić information content (AvgIpc) is 2.80. The highest BCUT2D eigenvalue weighted by Crippen LogP contribution is 2.37. The fraction of sp³-hybridized carbons (Fsp3) is 0.167. The lowest BCUT2D eigenvalue weighted by Crippen LogP contribution is -2.17. The van der Waals surface area contributed by atoms with Crippen LogP contribution >= 0.6 is 27.5 Å². The number of hydrogen-bond acceptors (Lipinski definition) is 5. The summed E-state index contributed by atoms with van der Waals surface area (Å²) in [5, 5.41) is 4.71. The van der Waals surface area contributed by atoms with Crippen molar-refractivity contribution in [2.24, 2.45) is 5.10 Å². The minimum atomic E-state index is -0.321. The molecule has 0 radical (unpaired) electrons. The normalized spacial score (nSPS) is 10.8. The number of carbonyl (C=O) groups excluding carboxylic acids is 1. The largest absolute Gasteiger partial charge is 0.494 e. The molecule has 0 spiro atoms. The summed E-state index contributed by atoms with van der Waals surface area (Å²) in [6.07, 6.45) is 1.53. The van der Waals surface area contributed by atoms with Gasteiger partial charge in [0.05, 0.1) is 24.4 Å². The van der Waals surface area contributed by atoms with Crippen LogP contribution in [-0.4, -0.2) is 25.8 Å². The molecular formula is C24H22BrClN2O4. The number of amides is 1. The number of nitrogens with zero attached hydrogens (tertiary/aromatic N) is 1. The molecule has 0 aliphatic carbocycles. The van der Waals surface area contributed by atoms with E-state index in [9.17, 15) is 4.79 Å². The molecular weight excluding hydrogens is 496 g/mol. The lowest BCUT2D eigenvalue weighted by Gasteiger charge is -2.13. The van der Waals surface area contributed by atoms with Crippen LogP contribution in [0.15, 0.2) is 70.2 Å². The maximum atomic E-state index is 12.3. The molecule has 0 aliphatic heterocycles. The fourth-order valence-corrected chi connectivity index (χ4v) is 3.49. The first-order valence-corrected chi connectivity index (χ1v) is 11.0. The lowest BCUT2D eigenvalue weighted by molar-refractivity contribution is 0.0955. The van der Waals surface area contributed by atoms with E-state index in [1.807, 2.05) is 37.3 Å². The van der Waals surface area contributed by atoms with Crippen LogP contribution in [0.25, 0.3) is 0 Å². The van der Waals surface area contributed by atoms with Crippen molar-refractivity contribution < 1.29 is 19.0 Å². The van der Waals surface area contributed by atoms with Crippen molar-refractivity contribution in [1.29, 1.82) is 0 Å². The third kappa shape index (κ3) is 6.48. The molecule has 0 bridgehead atoms. The Hall–Kier alpha value is -3.03. The van der Waals surface area contributed by atoms with Crippen LogP contribution in [0.3, 0.4) is 0 Å². The second-order valence-electron chi connectivity index (χ2n) is 6.61. The minimum absolute atomic E-state index is 0.321. The number of ether oxygens (including phenoxy) is 3. The molecule has 6 nitrogen and oxygen atoms in total. The van der Waals surface area contributed by atoms with Crippen LogP contribution in [0.5, 0.6) is 17.2 Å². The first-order valence-electron chi connectivity index (χ1n) is 9.81. The summed E-state index contributed by atoms with van der Waals surface area (Å²) in [5.41, 5.74) is 4.69. The van der Waals surface area contributed by atoms with Gasteiger partial charge in [-0.05, 0) is 82.5 Å². The van der Waals surface area contributed by atoms with Gasteiger partial charge < -0.3 is 14.2 Å². The molecule has 1 N–H and O–H groups in total. The van der Waals surface area contributed by atoms with E-state index in [1.54, 1.807) is 37.4 Å². The molecule has 3 aromatic rings. The Balaban J connectivity index is 1.64. The monoisotopic (exact) mass is 516 g/mol. The van der Waals surface area contributed by atoms with Gasteiger partial charge in [-0.2, -0.15) is 5.10 Å². The van der Waals surface area contributed by atoms with Crippen molar-refractivity contribution in [2.45, 2.75) is 13.5 Å². The number of rotatable bonds is 9. The highest BCUT2D eigenvalue weighted by Gasteiger charge is 2.12. The van der Waals surface area contributed by atoms with Crippen molar-refractivity contribution in [2.75, 3.05) is 13.7 Å². The van der Waals surface area contributed by atoms with E-state index in [0.717, 1.165) is 11.1 Å². The van der Waals surface area contributed by atoms with E-state index in [4.69, 9.17) is 25.8 Å². The molecule has 0 saturated carbocycles. The van der Waals surface area contributed by atoms with Gasteiger partial charge >= 0.3 is 0 Å². The smallest absolute Gasteiger partial charge is 0.271 e. The molecule has 166 valence electrons. The van der Waals surface area contributed by atoms with Crippen molar-refractivity contribution in [1.82, 2.24) is 5.43 Å². The fourth-order valence-electron chi connectivity index (χ4n) is 2.79. The van der Waals surface area contributed by atoms with Crippen molar-refractivity contribution >= 4 is 39.7 Å². The predicted molar refractivity (Wildman–Crippen MR) is 129 cm³/mol. The third-order valence-electron chi connectivity index (χ3n) is 4.36. The van der Waals surface area contributed by atoms with Gasteiger partial charge in [0.2, 0.25) is 0 Å². The van der Waals surface area contributed by atoms with Gasteiger partial charge in [-0.25, -0.2) is 5.43 Å². The van der Waals surface area contributed by atoms with E-state index in [1.165, 1.54) is 6.21 Å². The summed E-state index contributed by atoms with van der Waals surface area (Å²) >= 11 is 9.43. The molecule has 1 amide bonds. The zero-order valence-electron chi connectivity index (χ0n) is 17.6. The number of hydrogen-bond donors (Lipinski definition) is 1. The molecule has 3 rings (SSSR count). The van der Waals surface area contributed by atoms with Gasteiger partial charge in [0.1, 0.15) is 12.4 Å². The highest BCUT2D eigenvalue weighted by atomic mass is 79.9. The Morgan fingerprint density at radius 1 is 1.09 bits per heavy atom.